The van der Waals surface area contributed by atoms with E-state index in [2.05, 4.69) is 5.32 Å². The molecule has 182 valence electrons. The van der Waals surface area contributed by atoms with E-state index >= 15 is 0 Å². The van der Waals surface area contributed by atoms with E-state index in [0.717, 1.165) is 12.8 Å². The highest BCUT2D eigenvalue weighted by atomic mass is 16.5. The smallest absolute Gasteiger partial charge is 0.354 e. The Morgan fingerprint density at radius 2 is 1.88 bits per heavy atom. The molecule has 1 aliphatic carbocycles. The number of hydrogen-bond acceptors (Lipinski definition) is 7. The molecule has 2 heterocycles. The zero-order valence-electron chi connectivity index (χ0n) is 19.5. The quantitative estimate of drug-likeness (QED) is 0.568. The fraction of sp³-hybridized carbons (Fsp3) is 0.542. The number of carbonyl (C=O) groups is 5. The van der Waals surface area contributed by atoms with Gasteiger partial charge in [0.15, 0.2) is 6.61 Å². The number of methoxy groups -OCH3 is 1. The van der Waals surface area contributed by atoms with Crippen LogP contribution in [0.3, 0.4) is 0 Å². The van der Waals surface area contributed by atoms with Gasteiger partial charge in [0.05, 0.1) is 18.4 Å². The first-order valence-corrected chi connectivity index (χ1v) is 11.5. The van der Waals surface area contributed by atoms with Gasteiger partial charge in [-0.15, -0.1) is 0 Å². The summed E-state index contributed by atoms with van der Waals surface area (Å²) in [5.41, 5.74) is -0.889. The molecule has 1 aromatic rings. The molecule has 34 heavy (non-hydrogen) atoms. The van der Waals surface area contributed by atoms with Gasteiger partial charge in [0.2, 0.25) is 11.6 Å². The Labute approximate surface area is 197 Å². The largest absolute Gasteiger partial charge is 0.467 e. The van der Waals surface area contributed by atoms with Crippen molar-refractivity contribution in [1.29, 1.82) is 0 Å². The molecule has 10 heteroatoms. The van der Waals surface area contributed by atoms with Crippen molar-refractivity contribution in [2.75, 3.05) is 18.6 Å². The third-order valence-corrected chi connectivity index (χ3v) is 6.40. The molecular formula is C24H29N3O7. The maximum Gasteiger partial charge on any atom is 0.354 e. The van der Waals surface area contributed by atoms with Crippen LogP contribution in [0.5, 0.6) is 0 Å². The molecule has 1 N–H and O–H groups in total. The second-order valence-electron chi connectivity index (χ2n) is 9.32. The second kappa shape index (κ2) is 9.08. The molecule has 0 aromatic heterocycles. The first-order valence-electron chi connectivity index (χ1n) is 11.5. The lowest BCUT2D eigenvalue weighted by Gasteiger charge is -2.48. The summed E-state index contributed by atoms with van der Waals surface area (Å²) in [6, 6.07) is 5.66. The van der Waals surface area contributed by atoms with Gasteiger partial charge < -0.3 is 19.7 Å². The number of nitrogens with one attached hydrogen (secondary N) is 1. The van der Waals surface area contributed by atoms with Crippen molar-refractivity contribution in [3.63, 3.8) is 0 Å². The van der Waals surface area contributed by atoms with Gasteiger partial charge in [-0.05, 0) is 37.3 Å². The number of carbonyl (C=O) groups excluding carboxylic acids is 5. The summed E-state index contributed by atoms with van der Waals surface area (Å²) in [6.45, 7) is 3.15. The van der Waals surface area contributed by atoms with Gasteiger partial charge in [0, 0.05) is 18.9 Å². The molecule has 0 bridgehead atoms. The van der Waals surface area contributed by atoms with Crippen molar-refractivity contribution in [1.82, 2.24) is 10.2 Å². The Morgan fingerprint density at radius 3 is 2.53 bits per heavy atom. The van der Waals surface area contributed by atoms with Gasteiger partial charge in [-0.3, -0.25) is 19.3 Å². The molecule has 3 amide bonds. The van der Waals surface area contributed by atoms with Gasteiger partial charge in [-0.25, -0.2) is 9.59 Å². The molecule has 0 radical (unpaired) electrons. The lowest BCUT2D eigenvalue weighted by molar-refractivity contribution is -0.160. The molecule has 1 aromatic carbocycles. The Bertz CT molecular complexity index is 1040. The number of ether oxygens (including phenoxy) is 2. The summed E-state index contributed by atoms with van der Waals surface area (Å²) in [5, 5.41) is 2.54. The van der Waals surface area contributed by atoms with E-state index in [1.54, 1.807) is 24.3 Å². The first kappa shape index (κ1) is 23.7. The monoisotopic (exact) mass is 471 g/mol. The van der Waals surface area contributed by atoms with Crippen molar-refractivity contribution < 1.29 is 33.4 Å². The van der Waals surface area contributed by atoms with E-state index in [1.165, 1.54) is 16.9 Å². The lowest BCUT2D eigenvalue weighted by Crippen LogP contribution is -2.69. The van der Waals surface area contributed by atoms with E-state index in [4.69, 9.17) is 9.47 Å². The normalized spacial score (nSPS) is 22.2. The summed E-state index contributed by atoms with van der Waals surface area (Å²) >= 11 is 0. The summed E-state index contributed by atoms with van der Waals surface area (Å²) in [6.07, 6.45) is 1.97. The predicted octanol–water partition coefficient (Wildman–Crippen LogP) is 1.38. The van der Waals surface area contributed by atoms with E-state index < -0.39 is 36.2 Å². The Balaban J connectivity index is 1.56. The average Bonchev–Trinajstić information content (AvgIpc) is 3.58. The number of fused-ring (bicyclic) bond motifs is 3. The molecule has 0 spiro atoms. The average molecular weight is 472 g/mol. The number of hydrogen-bond donors (Lipinski definition) is 1. The van der Waals surface area contributed by atoms with Crippen molar-refractivity contribution >= 4 is 35.3 Å². The number of amides is 3. The molecular weight excluding hydrogens is 442 g/mol. The fourth-order valence-corrected chi connectivity index (χ4v) is 4.82. The van der Waals surface area contributed by atoms with Crippen LogP contribution < -0.4 is 10.2 Å². The predicted molar refractivity (Wildman–Crippen MR) is 119 cm³/mol. The molecule has 10 nitrogen and oxygen atoms in total. The highest BCUT2D eigenvalue weighted by Crippen LogP contribution is 2.49. The molecule has 2 unspecified atom stereocenters. The summed E-state index contributed by atoms with van der Waals surface area (Å²) in [5.74, 6) is -2.58. The van der Waals surface area contributed by atoms with Crippen LogP contribution in [-0.4, -0.2) is 66.0 Å². The van der Waals surface area contributed by atoms with Crippen LogP contribution in [0.1, 0.15) is 56.3 Å². The molecule has 2 fully saturated rings. The van der Waals surface area contributed by atoms with Gasteiger partial charge in [0.1, 0.15) is 6.04 Å². The number of anilines is 1. The van der Waals surface area contributed by atoms with E-state index in [9.17, 15) is 24.0 Å². The minimum Gasteiger partial charge on any atom is -0.467 e. The molecule has 3 aliphatic rings. The van der Waals surface area contributed by atoms with Crippen LogP contribution in [0.2, 0.25) is 0 Å². The molecule has 1 saturated heterocycles. The summed E-state index contributed by atoms with van der Waals surface area (Å²) in [7, 11) is 1.23. The zero-order chi connectivity index (χ0) is 24.6. The SMILES string of the molecule is COC(=O)C(CC(C)C)NC(=O)COC(=O)C12CCC(=O)N1c1ccccc1C(=O)N2C1CC1. The van der Waals surface area contributed by atoms with E-state index in [-0.39, 0.29) is 36.6 Å². The van der Waals surface area contributed by atoms with Crippen molar-refractivity contribution in [3.8, 4) is 0 Å². The molecule has 1 saturated carbocycles. The van der Waals surface area contributed by atoms with Crippen LogP contribution >= 0.6 is 0 Å². The van der Waals surface area contributed by atoms with Gasteiger partial charge in [0.25, 0.3) is 11.8 Å². The van der Waals surface area contributed by atoms with Gasteiger partial charge in [-0.2, -0.15) is 0 Å². The van der Waals surface area contributed by atoms with E-state index in [0.29, 0.717) is 17.7 Å². The minimum atomic E-state index is -1.62. The Kier molecular flexibility index (Phi) is 6.33. The highest BCUT2D eigenvalue weighted by Gasteiger charge is 2.64. The van der Waals surface area contributed by atoms with Gasteiger partial charge in [-0.1, -0.05) is 26.0 Å². The van der Waals surface area contributed by atoms with Crippen molar-refractivity contribution in [2.24, 2.45) is 5.92 Å². The number of para-hydroxylation sites is 1. The summed E-state index contributed by atoms with van der Waals surface area (Å²) < 4.78 is 10.1. The number of esters is 2. The summed E-state index contributed by atoms with van der Waals surface area (Å²) in [4.78, 5) is 67.2. The van der Waals surface area contributed by atoms with Crippen LogP contribution in [0.25, 0.3) is 0 Å². The van der Waals surface area contributed by atoms with Crippen LogP contribution in [-0.2, 0) is 28.7 Å². The van der Waals surface area contributed by atoms with Crippen LogP contribution in [0, 0.1) is 5.92 Å². The fourth-order valence-electron chi connectivity index (χ4n) is 4.82. The van der Waals surface area contributed by atoms with Crippen LogP contribution in [0.15, 0.2) is 24.3 Å². The first-order chi connectivity index (χ1) is 16.2. The number of nitrogens with zero attached hydrogens (tertiary/aromatic N) is 2. The molecule has 2 aliphatic heterocycles. The topological polar surface area (TPSA) is 122 Å². The van der Waals surface area contributed by atoms with Crippen molar-refractivity contribution in [3.05, 3.63) is 29.8 Å². The lowest BCUT2D eigenvalue weighted by atomic mass is 9.96. The molecule has 4 rings (SSSR count). The number of rotatable bonds is 8. The van der Waals surface area contributed by atoms with Crippen LogP contribution in [0.4, 0.5) is 5.69 Å². The standard InChI is InChI=1S/C24H29N3O7/c1-14(2)12-17(22(31)33-3)25-19(28)13-34-23(32)24-11-10-20(29)27(24)18-7-5-4-6-16(18)21(30)26(24)15-8-9-15/h4-7,14-15,17H,8-13H2,1-3H3,(H,25,28). The third-order valence-electron chi connectivity index (χ3n) is 6.40. The van der Waals surface area contributed by atoms with Gasteiger partial charge >= 0.3 is 11.9 Å². The van der Waals surface area contributed by atoms with Crippen molar-refractivity contribution in [2.45, 2.75) is 63.7 Å². The number of benzene rings is 1. The highest BCUT2D eigenvalue weighted by molar-refractivity contribution is 6.15. The molecule has 2 atom stereocenters. The minimum absolute atomic E-state index is 0.0743. The Morgan fingerprint density at radius 1 is 1.18 bits per heavy atom. The van der Waals surface area contributed by atoms with E-state index in [1.807, 2.05) is 13.8 Å². The maximum absolute atomic E-state index is 13.5. The maximum atomic E-state index is 13.5. The second-order valence-corrected chi connectivity index (χ2v) is 9.32. The third kappa shape index (κ3) is 4.01. The zero-order valence-corrected chi connectivity index (χ0v) is 19.5. The Hall–Kier alpha value is -3.43.